The lowest BCUT2D eigenvalue weighted by Gasteiger charge is -2.34. The SMILES string of the molecule is CCOC(=O)N1CC[C@@H]2Nc3c(Cl)cccc3[C@@H]2C1. The molecule has 1 aromatic rings. The van der Waals surface area contributed by atoms with E-state index in [1.54, 1.807) is 4.90 Å². The maximum Gasteiger partial charge on any atom is 0.409 e. The van der Waals surface area contributed by atoms with Gasteiger partial charge in [-0.1, -0.05) is 23.7 Å². The van der Waals surface area contributed by atoms with Gasteiger partial charge < -0.3 is 15.0 Å². The molecule has 4 nitrogen and oxygen atoms in total. The van der Waals surface area contributed by atoms with Crippen LogP contribution in [0.3, 0.4) is 0 Å². The third kappa shape index (κ3) is 2.14. The molecule has 2 atom stereocenters. The minimum Gasteiger partial charge on any atom is -0.450 e. The van der Waals surface area contributed by atoms with Gasteiger partial charge in [0.05, 0.1) is 17.3 Å². The predicted octanol–water partition coefficient (Wildman–Crippen LogP) is 3.08. The molecular formula is C14H17ClN2O2. The van der Waals surface area contributed by atoms with Crippen molar-refractivity contribution in [2.45, 2.75) is 25.3 Å². The quantitative estimate of drug-likeness (QED) is 0.859. The van der Waals surface area contributed by atoms with Crippen LogP contribution in [0.1, 0.15) is 24.8 Å². The number of carbonyl (C=O) groups is 1. The number of nitrogens with one attached hydrogen (secondary N) is 1. The number of nitrogens with zero attached hydrogens (tertiary/aromatic N) is 1. The zero-order chi connectivity index (χ0) is 13.4. The predicted molar refractivity (Wildman–Crippen MR) is 74.8 cm³/mol. The molecule has 0 saturated carbocycles. The fourth-order valence-electron chi connectivity index (χ4n) is 3.01. The van der Waals surface area contributed by atoms with Gasteiger partial charge in [-0.3, -0.25) is 0 Å². The van der Waals surface area contributed by atoms with Gasteiger partial charge in [0, 0.05) is 25.0 Å². The molecular weight excluding hydrogens is 264 g/mol. The number of ether oxygens (including phenoxy) is 1. The van der Waals surface area contributed by atoms with Gasteiger partial charge in [-0.2, -0.15) is 0 Å². The molecule has 1 amide bonds. The molecule has 0 unspecified atom stereocenters. The summed E-state index contributed by atoms with van der Waals surface area (Å²) in [5.74, 6) is 0.312. The molecule has 19 heavy (non-hydrogen) atoms. The van der Waals surface area contributed by atoms with Gasteiger partial charge in [0.25, 0.3) is 0 Å². The number of hydrogen-bond acceptors (Lipinski definition) is 3. The molecule has 0 bridgehead atoms. The smallest absolute Gasteiger partial charge is 0.409 e. The van der Waals surface area contributed by atoms with Crippen LogP contribution in [0.25, 0.3) is 0 Å². The molecule has 1 aromatic carbocycles. The molecule has 3 rings (SSSR count). The molecule has 1 saturated heterocycles. The van der Waals surface area contributed by atoms with Gasteiger partial charge in [-0.15, -0.1) is 0 Å². The summed E-state index contributed by atoms with van der Waals surface area (Å²) in [5, 5.41) is 4.24. The molecule has 2 aliphatic heterocycles. The Morgan fingerprint density at radius 2 is 2.42 bits per heavy atom. The van der Waals surface area contributed by atoms with E-state index in [1.165, 1.54) is 5.56 Å². The van der Waals surface area contributed by atoms with Gasteiger partial charge in [-0.05, 0) is 25.0 Å². The van der Waals surface area contributed by atoms with Gasteiger partial charge >= 0.3 is 6.09 Å². The Balaban J connectivity index is 1.81. The van der Waals surface area contributed by atoms with Crippen LogP contribution in [-0.4, -0.2) is 36.7 Å². The second kappa shape index (κ2) is 4.93. The number of fused-ring (bicyclic) bond motifs is 3. The van der Waals surface area contributed by atoms with Gasteiger partial charge in [0.2, 0.25) is 0 Å². The number of rotatable bonds is 1. The molecule has 1 N–H and O–H groups in total. The average Bonchev–Trinajstić information content (AvgIpc) is 2.78. The molecule has 1 fully saturated rings. The zero-order valence-electron chi connectivity index (χ0n) is 10.9. The van der Waals surface area contributed by atoms with Gasteiger partial charge in [0.15, 0.2) is 0 Å². The fourth-order valence-corrected chi connectivity index (χ4v) is 3.24. The lowest BCUT2D eigenvalue weighted by Crippen LogP contribution is -2.45. The zero-order valence-corrected chi connectivity index (χ0v) is 11.6. The standard InChI is InChI=1S/C14H17ClN2O2/c1-2-19-14(18)17-7-6-12-10(8-17)9-4-3-5-11(15)13(9)16-12/h3-5,10,12,16H,2,6-8H2,1H3/t10-,12-/m0/s1. The second-order valence-electron chi connectivity index (χ2n) is 4.99. The van der Waals surface area contributed by atoms with Crippen LogP contribution in [0, 0.1) is 0 Å². The minimum atomic E-state index is -0.212. The number of amides is 1. The molecule has 5 heteroatoms. The van der Waals surface area contributed by atoms with Crippen molar-refractivity contribution in [3.8, 4) is 0 Å². The van der Waals surface area contributed by atoms with Crippen LogP contribution in [0.4, 0.5) is 10.5 Å². The Labute approximate surface area is 117 Å². The van der Waals surface area contributed by atoms with Crippen molar-refractivity contribution in [2.24, 2.45) is 0 Å². The van der Waals surface area contributed by atoms with Crippen LogP contribution in [-0.2, 0) is 4.74 Å². The average molecular weight is 281 g/mol. The highest BCUT2D eigenvalue weighted by atomic mass is 35.5. The van der Waals surface area contributed by atoms with Crippen molar-refractivity contribution in [2.75, 3.05) is 25.0 Å². The fraction of sp³-hybridized carbons (Fsp3) is 0.500. The van der Waals surface area contributed by atoms with Crippen LogP contribution >= 0.6 is 11.6 Å². The first-order valence-electron chi connectivity index (χ1n) is 6.67. The second-order valence-corrected chi connectivity index (χ2v) is 5.40. The van der Waals surface area contributed by atoms with E-state index in [0.29, 0.717) is 25.1 Å². The summed E-state index contributed by atoms with van der Waals surface area (Å²) in [4.78, 5) is 13.6. The van der Waals surface area contributed by atoms with Crippen molar-refractivity contribution in [3.63, 3.8) is 0 Å². The van der Waals surface area contributed by atoms with Crippen LogP contribution in [0.5, 0.6) is 0 Å². The molecule has 0 radical (unpaired) electrons. The lowest BCUT2D eigenvalue weighted by molar-refractivity contribution is 0.0949. The van der Waals surface area contributed by atoms with Gasteiger partial charge in [0.1, 0.15) is 0 Å². The molecule has 2 aliphatic rings. The number of carbonyl (C=O) groups excluding carboxylic acids is 1. The Morgan fingerprint density at radius 1 is 1.58 bits per heavy atom. The molecule has 0 aromatic heterocycles. The van der Waals surface area contributed by atoms with E-state index >= 15 is 0 Å². The number of para-hydroxylation sites is 1. The minimum absolute atomic E-state index is 0.212. The molecule has 2 heterocycles. The highest BCUT2D eigenvalue weighted by Gasteiger charge is 2.39. The lowest BCUT2D eigenvalue weighted by atomic mass is 9.89. The maximum absolute atomic E-state index is 11.8. The number of anilines is 1. The summed E-state index contributed by atoms with van der Waals surface area (Å²) in [6.45, 7) is 3.68. The summed E-state index contributed by atoms with van der Waals surface area (Å²) < 4.78 is 5.08. The third-order valence-corrected chi connectivity index (χ3v) is 4.23. The normalized spacial score (nSPS) is 24.4. The Morgan fingerprint density at radius 3 is 3.21 bits per heavy atom. The third-order valence-electron chi connectivity index (χ3n) is 3.91. The van der Waals surface area contributed by atoms with E-state index in [1.807, 2.05) is 19.1 Å². The Bertz CT molecular complexity index is 506. The van der Waals surface area contributed by atoms with E-state index < -0.39 is 0 Å². The highest BCUT2D eigenvalue weighted by Crippen LogP contribution is 2.43. The van der Waals surface area contributed by atoms with E-state index in [2.05, 4.69) is 11.4 Å². The van der Waals surface area contributed by atoms with Crippen molar-refractivity contribution in [1.82, 2.24) is 4.90 Å². The topological polar surface area (TPSA) is 41.6 Å². The summed E-state index contributed by atoms with van der Waals surface area (Å²) in [5.41, 5.74) is 2.25. The number of benzene rings is 1. The summed E-state index contributed by atoms with van der Waals surface area (Å²) in [6.07, 6.45) is 0.713. The van der Waals surface area contributed by atoms with Crippen LogP contribution in [0.15, 0.2) is 18.2 Å². The van der Waals surface area contributed by atoms with Crippen LogP contribution in [0.2, 0.25) is 5.02 Å². The Hall–Kier alpha value is -1.42. The first kappa shape index (κ1) is 12.6. The van der Waals surface area contributed by atoms with E-state index in [0.717, 1.165) is 23.7 Å². The highest BCUT2D eigenvalue weighted by molar-refractivity contribution is 6.33. The molecule has 0 aliphatic carbocycles. The first-order chi connectivity index (χ1) is 9.20. The van der Waals surface area contributed by atoms with E-state index in [4.69, 9.17) is 16.3 Å². The van der Waals surface area contributed by atoms with Crippen molar-refractivity contribution >= 4 is 23.4 Å². The van der Waals surface area contributed by atoms with E-state index in [9.17, 15) is 4.79 Å². The largest absolute Gasteiger partial charge is 0.450 e. The van der Waals surface area contributed by atoms with Crippen molar-refractivity contribution in [1.29, 1.82) is 0 Å². The monoisotopic (exact) mass is 280 g/mol. The van der Waals surface area contributed by atoms with Gasteiger partial charge in [-0.25, -0.2) is 4.79 Å². The summed E-state index contributed by atoms with van der Waals surface area (Å²) >= 11 is 6.22. The number of halogens is 1. The molecule has 102 valence electrons. The first-order valence-corrected chi connectivity index (χ1v) is 7.05. The van der Waals surface area contributed by atoms with E-state index in [-0.39, 0.29) is 6.09 Å². The van der Waals surface area contributed by atoms with Crippen molar-refractivity contribution < 1.29 is 9.53 Å². The Kier molecular flexibility index (Phi) is 3.27. The number of likely N-dealkylation sites (tertiary alicyclic amines) is 1. The number of piperidine rings is 1. The number of hydrogen-bond donors (Lipinski definition) is 1. The maximum atomic E-state index is 11.8. The summed E-state index contributed by atoms with van der Waals surface area (Å²) in [7, 11) is 0. The molecule has 0 spiro atoms. The summed E-state index contributed by atoms with van der Waals surface area (Å²) in [6, 6.07) is 6.33. The van der Waals surface area contributed by atoms with Crippen LogP contribution < -0.4 is 5.32 Å². The van der Waals surface area contributed by atoms with Crippen molar-refractivity contribution in [3.05, 3.63) is 28.8 Å².